The van der Waals surface area contributed by atoms with Crippen molar-refractivity contribution in [1.29, 1.82) is 0 Å². The van der Waals surface area contributed by atoms with Crippen molar-refractivity contribution in [2.75, 3.05) is 31.1 Å². The quantitative estimate of drug-likeness (QED) is 0.661. The Morgan fingerprint density at radius 1 is 1.07 bits per heavy atom. The van der Waals surface area contributed by atoms with E-state index in [1.54, 1.807) is 29.7 Å². The highest BCUT2D eigenvalue weighted by molar-refractivity contribution is 7.13. The second kappa shape index (κ2) is 8.48. The number of amides is 1. The van der Waals surface area contributed by atoms with Gasteiger partial charge in [-0.05, 0) is 42.8 Å². The van der Waals surface area contributed by atoms with Gasteiger partial charge >= 0.3 is 0 Å². The second-order valence-electron chi connectivity index (χ2n) is 6.70. The molecule has 0 bridgehead atoms. The summed E-state index contributed by atoms with van der Waals surface area (Å²) in [4.78, 5) is 25.6. The van der Waals surface area contributed by atoms with E-state index in [4.69, 9.17) is 0 Å². The molecule has 7 heteroatoms. The Hall–Kier alpha value is -2.80. The highest BCUT2D eigenvalue weighted by atomic mass is 32.1. The molecule has 0 atom stereocenters. The maximum absolute atomic E-state index is 13.1. The molecule has 0 unspecified atom stereocenters. The average Bonchev–Trinajstić information content (AvgIpc) is 3.22. The molecule has 3 heterocycles. The highest BCUT2D eigenvalue weighted by Gasteiger charge is 2.21. The smallest absolute Gasteiger partial charge is 0.223 e. The SMILES string of the molecule is O=C(CCc1csc(-c2ccccn2)n1)N1CCN(c2ccc(F)cc2)CC1. The van der Waals surface area contributed by atoms with Gasteiger partial charge in [0.2, 0.25) is 5.91 Å². The van der Waals surface area contributed by atoms with Crippen molar-refractivity contribution in [2.45, 2.75) is 12.8 Å². The molecule has 4 rings (SSSR count). The van der Waals surface area contributed by atoms with Gasteiger partial charge in [0.25, 0.3) is 0 Å². The van der Waals surface area contributed by atoms with Crippen LogP contribution in [0.4, 0.5) is 10.1 Å². The lowest BCUT2D eigenvalue weighted by Gasteiger charge is -2.36. The Bertz CT molecular complexity index is 921. The lowest BCUT2D eigenvalue weighted by Crippen LogP contribution is -2.48. The van der Waals surface area contributed by atoms with E-state index in [0.29, 0.717) is 25.9 Å². The van der Waals surface area contributed by atoms with Gasteiger partial charge in [0.05, 0.1) is 11.4 Å². The van der Waals surface area contributed by atoms with Gasteiger partial charge in [-0.3, -0.25) is 9.78 Å². The lowest BCUT2D eigenvalue weighted by atomic mass is 10.2. The molecule has 2 aromatic heterocycles. The first-order valence-corrected chi connectivity index (χ1v) is 10.2. The number of hydrogen-bond donors (Lipinski definition) is 0. The second-order valence-corrected chi connectivity index (χ2v) is 7.56. The molecule has 0 spiro atoms. The number of anilines is 1. The molecule has 0 radical (unpaired) electrons. The summed E-state index contributed by atoms with van der Waals surface area (Å²) in [6.45, 7) is 2.90. The first-order chi connectivity index (χ1) is 13.7. The molecule has 1 aliphatic heterocycles. The highest BCUT2D eigenvalue weighted by Crippen LogP contribution is 2.22. The van der Waals surface area contributed by atoms with E-state index < -0.39 is 0 Å². The number of carbonyl (C=O) groups is 1. The van der Waals surface area contributed by atoms with Crippen LogP contribution in [-0.2, 0) is 11.2 Å². The molecule has 3 aromatic rings. The van der Waals surface area contributed by atoms with Crippen molar-refractivity contribution >= 4 is 22.9 Å². The predicted octanol–water partition coefficient (Wildman–Crippen LogP) is 3.63. The number of halogens is 1. The molecule has 1 aliphatic rings. The first-order valence-electron chi connectivity index (χ1n) is 9.33. The number of piperazine rings is 1. The molecule has 0 saturated carbocycles. The summed E-state index contributed by atoms with van der Waals surface area (Å²) < 4.78 is 13.1. The Morgan fingerprint density at radius 2 is 1.86 bits per heavy atom. The van der Waals surface area contributed by atoms with Crippen LogP contribution in [0.1, 0.15) is 12.1 Å². The van der Waals surface area contributed by atoms with Crippen LogP contribution in [0.3, 0.4) is 0 Å². The minimum atomic E-state index is -0.231. The van der Waals surface area contributed by atoms with Gasteiger partial charge in [0.1, 0.15) is 10.8 Å². The predicted molar refractivity (Wildman–Crippen MR) is 109 cm³/mol. The lowest BCUT2D eigenvalue weighted by molar-refractivity contribution is -0.131. The van der Waals surface area contributed by atoms with E-state index >= 15 is 0 Å². The Balaban J connectivity index is 1.27. The largest absolute Gasteiger partial charge is 0.368 e. The minimum Gasteiger partial charge on any atom is -0.368 e. The molecular weight excluding hydrogens is 375 g/mol. The molecule has 1 saturated heterocycles. The fraction of sp³-hybridized carbons (Fsp3) is 0.286. The van der Waals surface area contributed by atoms with E-state index in [2.05, 4.69) is 14.9 Å². The van der Waals surface area contributed by atoms with Gasteiger partial charge < -0.3 is 9.80 Å². The zero-order valence-corrected chi connectivity index (χ0v) is 16.2. The molecule has 1 fully saturated rings. The van der Waals surface area contributed by atoms with Crippen molar-refractivity contribution in [3.05, 3.63) is 65.6 Å². The van der Waals surface area contributed by atoms with Crippen LogP contribution in [-0.4, -0.2) is 47.0 Å². The fourth-order valence-electron chi connectivity index (χ4n) is 3.29. The minimum absolute atomic E-state index is 0.158. The summed E-state index contributed by atoms with van der Waals surface area (Å²) in [6, 6.07) is 12.3. The number of thiazole rings is 1. The van der Waals surface area contributed by atoms with Gasteiger partial charge in [0.15, 0.2) is 0 Å². The van der Waals surface area contributed by atoms with Crippen molar-refractivity contribution in [1.82, 2.24) is 14.9 Å². The third-order valence-electron chi connectivity index (χ3n) is 4.85. The summed E-state index contributed by atoms with van der Waals surface area (Å²) in [5, 5.41) is 2.89. The standard InChI is InChI=1S/C21H21FN4OS/c22-16-4-7-18(8-5-16)25-11-13-26(14-12-25)20(27)9-6-17-15-28-21(24-17)19-3-1-2-10-23-19/h1-5,7-8,10,15H,6,9,11-14H2. The summed E-state index contributed by atoms with van der Waals surface area (Å²) >= 11 is 1.56. The molecule has 144 valence electrons. The molecule has 0 aliphatic carbocycles. The normalized spacial score (nSPS) is 14.3. The maximum Gasteiger partial charge on any atom is 0.223 e. The van der Waals surface area contributed by atoms with Gasteiger partial charge in [-0.1, -0.05) is 6.07 Å². The summed E-state index contributed by atoms with van der Waals surface area (Å²) in [7, 11) is 0. The van der Waals surface area contributed by atoms with E-state index in [9.17, 15) is 9.18 Å². The summed E-state index contributed by atoms with van der Waals surface area (Å²) in [6.07, 6.45) is 2.85. The number of rotatable bonds is 5. The van der Waals surface area contributed by atoms with Crippen LogP contribution in [0, 0.1) is 5.82 Å². The Morgan fingerprint density at radius 3 is 2.57 bits per heavy atom. The third kappa shape index (κ3) is 4.36. The Labute approximate surface area is 167 Å². The average molecular weight is 396 g/mol. The molecule has 1 amide bonds. The number of carbonyl (C=O) groups excluding carboxylic acids is 1. The maximum atomic E-state index is 13.1. The fourth-order valence-corrected chi connectivity index (χ4v) is 4.12. The van der Waals surface area contributed by atoms with Gasteiger partial charge in [-0.15, -0.1) is 11.3 Å². The number of pyridine rings is 1. The number of nitrogens with zero attached hydrogens (tertiary/aromatic N) is 4. The number of benzene rings is 1. The zero-order valence-electron chi connectivity index (χ0n) is 15.4. The van der Waals surface area contributed by atoms with Crippen molar-refractivity contribution < 1.29 is 9.18 Å². The van der Waals surface area contributed by atoms with Crippen LogP contribution in [0.25, 0.3) is 10.7 Å². The Kier molecular flexibility index (Phi) is 5.62. The van der Waals surface area contributed by atoms with E-state index in [0.717, 1.165) is 35.2 Å². The first kappa shape index (κ1) is 18.6. The van der Waals surface area contributed by atoms with E-state index in [1.807, 2.05) is 28.5 Å². The van der Waals surface area contributed by atoms with Crippen LogP contribution in [0.15, 0.2) is 54.0 Å². The number of hydrogen-bond acceptors (Lipinski definition) is 5. The molecule has 5 nitrogen and oxygen atoms in total. The van der Waals surface area contributed by atoms with Crippen LogP contribution < -0.4 is 4.90 Å². The molecule has 0 N–H and O–H groups in total. The van der Waals surface area contributed by atoms with Crippen molar-refractivity contribution in [3.8, 4) is 10.7 Å². The van der Waals surface area contributed by atoms with Crippen LogP contribution in [0.2, 0.25) is 0 Å². The number of aromatic nitrogens is 2. The third-order valence-corrected chi connectivity index (χ3v) is 5.77. The van der Waals surface area contributed by atoms with Crippen molar-refractivity contribution in [2.24, 2.45) is 0 Å². The topological polar surface area (TPSA) is 49.3 Å². The van der Waals surface area contributed by atoms with Crippen LogP contribution >= 0.6 is 11.3 Å². The molecular formula is C21H21FN4OS. The molecule has 28 heavy (non-hydrogen) atoms. The van der Waals surface area contributed by atoms with Gasteiger partial charge in [-0.2, -0.15) is 0 Å². The van der Waals surface area contributed by atoms with E-state index in [1.165, 1.54) is 12.1 Å². The summed E-state index contributed by atoms with van der Waals surface area (Å²) in [5.41, 5.74) is 2.80. The van der Waals surface area contributed by atoms with Gasteiger partial charge in [0, 0.05) is 49.9 Å². The van der Waals surface area contributed by atoms with Crippen LogP contribution in [0.5, 0.6) is 0 Å². The molecule has 1 aromatic carbocycles. The van der Waals surface area contributed by atoms with E-state index in [-0.39, 0.29) is 11.7 Å². The monoisotopic (exact) mass is 396 g/mol. The van der Waals surface area contributed by atoms with Gasteiger partial charge in [-0.25, -0.2) is 9.37 Å². The summed E-state index contributed by atoms with van der Waals surface area (Å²) in [5.74, 6) is -0.0723. The zero-order chi connectivity index (χ0) is 19.3. The van der Waals surface area contributed by atoms with Crippen molar-refractivity contribution in [3.63, 3.8) is 0 Å². The number of aryl methyl sites for hydroxylation is 1.